The first kappa shape index (κ1) is 16.3. The van der Waals surface area contributed by atoms with E-state index in [0.717, 1.165) is 12.8 Å². The van der Waals surface area contributed by atoms with E-state index in [1.54, 1.807) is 35.9 Å². The minimum atomic E-state index is -0.469. The Bertz CT molecular complexity index is 753. The monoisotopic (exact) mass is 348 g/mol. The van der Waals surface area contributed by atoms with Crippen LogP contribution in [0.1, 0.15) is 29.0 Å². The molecule has 2 aromatic rings. The number of imidazole rings is 1. The Balaban J connectivity index is 1.53. The van der Waals surface area contributed by atoms with Gasteiger partial charge in [-0.1, -0.05) is 11.6 Å². The number of rotatable bonds is 5. The molecule has 1 aromatic carbocycles. The standard InChI is InChI=1S/C16H17ClN4O3/c1-21-13(17)8-18-14(21)9-24-15(22)10-2-4-11(5-3-10)19-16(23)20-12-6-7-12/h2-5,8,12H,6-7,9H2,1H3,(H2,19,20,23). The van der Waals surface area contributed by atoms with Crippen LogP contribution >= 0.6 is 11.6 Å². The summed E-state index contributed by atoms with van der Waals surface area (Å²) in [5, 5.41) is 6.01. The van der Waals surface area contributed by atoms with Crippen LogP contribution in [0.15, 0.2) is 30.5 Å². The molecule has 24 heavy (non-hydrogen) atoms. The van der Waals surface area contributed by atoms with Crippen LogP contribution in [-0.4, -0.2) is 27.6 Å². The summed E-state index contributed by atoms with van der Waals surface area (Å²) < 4.78 is 6.85. The van der Waals surface area contributed by atoms with E-state index in [-0.39, 0.29) is 12.6 Å². The van der Waals surface area contributed by atoms with Crippen LogP contribution in [0.3, 0.4) is 0 Å². The average molecular weight is 349 g/mol. The predicted molar refractivity (Wildman–Crippen MR) is 89.0 cm³/mol. The fourth-order valence-corrected chi connectivity index (χ4v) is 2.19. The third-order valence-corrected chi connectivity index (χ3v) is 4.00. The van der Waals surface area contributed by atoms with Gasteiger partial charge in [0.25, 0.3) is 0 Å². The van der Waals surface area contributed by atoms with Gasteiger partial charge in [-0.25, -0.2) is 14.6 Å². The van der Waals surface area contributed by atoms with E-state index in [2.05, 4.69) is 15.6 Å². The molecule has 2 N–H and O–H groups in total. The quantitative estimate of drug-likeness (QED) is 0.813. The molecule has 0 bridgehead atoms. The molecule has 0 saturated heterocycles. The van der Waals surface area contributed by atoms with E-state index >= 15 is 0 Å². The second kappa shape index (κ2) is 6.92. The van der Waals surface area contributed by atoms with E-state index in [1.165, 1.54) is 6.20 Å². The molecule has 8 heteroatoms. The number of amides is 2. The van der Waals surface area contributed by atoms with Gasteiger partial charge in [-0.15, -0.1) is 0 Å². The van der Waals surface area contributed by atoms with Crippen LogP contribution in [0.2, 0.25) is 5.15 Å². The lowest BCUT2D eigenvalue weighted by Crippen LogP contribution is -2.30. The van der Waals surface area contributed by atoms with Crippen LogP contribution in [0.5, 0.6) is 0 Å². The number of aromatic nitrogens is 2. The van der Waals surface area contributed by atoms with Crippen LogP contribution in [0, 0.1) is 0 Å². The molecule has 0 radical (unpaired) electrons. The molecule has 126 valence electrons. The molecule has 0 atom stereocenters. The summed E-state index contributed by atoms with van der Waals surface area (Å²) in [6.07, 6.45) is 3.55. The van der Waals surface area contributed by atoms with Gasteiger partial charge in [0.05, 0.1) is 11.8 Å². The number of anilines is 1. The number of benzene rings is 1. The third kappa shape index (κ3) is 4.05. The van der Waals surface area contributed by atoms with Crippen molar-refractivity contribution in [3.8, 4) is 0 Å². The molecular formula is C16H17ClN4O3. The summed E-state index contributed by atoms with van der Waals surface area (Å²) in [4.78, 5) is 27.7. The van der Waals surface area contributed by atoms with Crippen molar-refractivity contribution in [2.75, 3.05) is 5.32 Å². The minimum absolute atomic E-state index is 0.0336. The zero-order valence-corrected chi connectivity index (χ0v) is 13.8. The maximum atomic E-state index is 12.0. The average Bonchev–Trinajstić information content (AvgIpc) is 3.32. The van der Waals surface area contributed by atoms with Crippen molar-refractivity contribution in [1.82, 2.24) is 14.9 Å². The van der Waals surface area contributed by atoms with Crippen LogP contribution in [-0.2, 0) is 18.4 Å². The van der Waals surface area contributed by atoms with Gasteiger partial charge < -0.3 is 19.9 Å². The molecule has 0 unspecified atom stereocenters. The Hall–Kier alpha value is -2.54. The summed E-state index contributed by atoms with van der Waals surface area (Å²) in [5.41, 5.74) is 1.00. The number of urea groups is 1. The maximum Gasteiger partial charge on any atom is 0.338 e. The lowest BCUT2D eigenvalue weighted by Gasteiger charge is -2.08. The molecule has 1 fully saturated rings. The van der Waals surface area contributed by atoms with Gasteiger partial charge in [0.1, 0.15) is 17.6 Å². The third-order valence-electron chi connectivity index (χ3n) is 3.65. The fourth-order valence-electron chi connectivity index (χ4n) is 2.04. The van der Waals surface area contributed by atoms with Crippen LogP contribution in [0.25, 0.3) is 0 Å². The molecule has 2 amide bonds. The Kier molecular flexibility index (Phi) is 4.71. The Morgan fingerprint density at radius 3 is 2.62 bits per heavy atom. The van der Waals surface area contributed by atoms with Gasteiger partial charge in [0.15, 0.2) is 0 Å². The van der Waals surface area contributed by atoms with E-state index in [0.29, 0.717) is 28.3 Å². The highest BCUT2D eigenvalue weighted by Crippen LogP contribution is 2.19. The number of nitrogens with one attached hydrogen (secondary N) is 2. The number of carbonyl (C=O) groups is 2. The first-order chi connectivity index (χ1) is 11.5. The normalized spacial score (nSPS) is 13.4. The van der Waals surface area contributed by atoms with Gasteiger partial charge in [0.2, 0.25) is 0 Å². The van der Waals surface area contributed by atoms with Crippen LogP contribution in [0.4, 0.5) is 10.5 Å². The van der Waals surface area contributed by atoms with Crippen molar-refractivity contribution in [1.29, 1.82) is 0 Å². The summed E-state index contributed by atoms with van der Waals surface area (Å²) >= 11 is 5.88. The summed E-state index contributed by atoms with van der Waals surface area (Å²) in [6, 6.07) is 6.56. The number of nitrogens with zero attached hydrogens (tertiary/aromatic N) is 2. The lowest BCUT2D eigenvalue weighted by molar-refractivity contribution is 0.0459. The molecule has 0 spiro atoms. The van der Waals surface area contributed by atoms with Gasteiger partial charge in [-0.05, 0) is 37.1 Å². The Morgan fingerprint density at radius 1 is 1.33 bits per heavy atom. The summed E-state index contributed by atoms with van der Waals surface area (Å²) in [7, 11) is 1.74. The van der Waals surface area contributed by atoms with Gasteiger partial charge in [0, 0.05) is 18.8 Å². The van der Waals surface area contributed by atoms with Crippen LogP contribution < -0.4 is 10.6 Å². The van der Waals surface area contributed by atoms with Crippen molar-refractivity contribution in [3.63, 3.8) is 0 Å². The largest absolute Gasteiger partial charge is 0.454 e. The van der Waals surface area contributed by atoms with Crippen molar-refractivity contribution in [2.24, 2.45) is 7.05 Å². The molecule has 1 saturated carbocycles. The summed E-state index contributed by atoms with van der Waals surface area (Å²) in [5.74, 6) is 0.0893. The van der Waals surface area contributed by atoms with Crippen molar-refractivity contribution in [2.45, 2.75) is 25.5 Å². The zero-order chi connectivity index (χ0) is 17.1. The van der Waals surface area contributed by atoms with Gasteiger partial charge in [-0.2, -0.15) is 0 Å². The minimum Gasteiger partial charge on any atom is -0.454 e. The number of hydrogen-bond acceptors (Lipinski definition) is 4. The van der Waals surface area contributed by atoms with Crippen molar-refractivity contribution >= 4 is 29.3 Å². The van der Waals surface area contributed by atoms with E-state index in [1.807, 2.05) is 0 Å². The Labute approximate surface area is 144 Å². The topological polar surface area (TPSA) is 85.2 Å². The molecule has 1 aliphatic carbocycles. The van der Waals surface area contributed by atoms with E-state index in [4.69, 9.17) is 16.3 Å². The predicted octanol–water partition coefficient (Wildman–Crippen LogP) is 2.71. The second-order valence-corrected chi connectivity index (χ2v) is 5.97. The van der Waals surface area contributed by atoms with Gasteiger partial charge in [-0.3, -0.25) is 0 Å². The smallest absolute Gasteiger partial charge is 0.338 e. The number of carbonyl (C=O) groups excluding carboxylic acids is 2. The number of ether oxygens (including phenoxy) is 1. The highest BCUT2D eigenvalue weighted by molar-refractivity contribution is 6.29. The number of esters is 1. The molecule has 1 aromatic heterocycles. The molecule has 1 aliphatic rings. The van der Waals surface area contributed by atoms with E-state index < -0.39 is 5.97 Å². The number of hydrogen-bond donors (Lipinski definition) is 2. The SMILES string of the molecule is Cn1c(Cl)cnc1COC(=O)c1ccc(NC(=O)NC2CC2)cc1. The maximum absolute atomic E-state index is 12.0. The molecule has 0 aliphatic heterocycles. The molecule has 1 heterocycles. The summed E-state index contributed by atoms with van der Waals surface area (Å²) in [6.45, 7) is 0.0336. The zero-order valence-electron chi connectivity index (χ0n) is 13.1. The first-order valence-corrected chi connectivity index (χ1v) is 7.91. The number of halogens is 1. The molecular weight excluding hydrogens is 332 g/mol. The second-order valence-electron chi connectivity index (χ2n) is 5.58. The van der Waals surface area contributed by atoms with Gasteiger partial charge >= 0.3 is 12.0 Å². The van der Waals surface area contributed by atoms with Crippen molar-refractivity contribution in [3.05, 3.63) is 47.0 Å². The highest BCUT2D eigenvalue weighted by Gasteiger charge is 2.23. The first-order valence-electron chi connectivity index (χ1n) is 7.54. The lowest BCUT2D eigenvalue weighted by atomic mass is 10.2. The molecule has 7 nitrogen and oxygen atoms in total. The van der Waals surface area contributed by atoms with E-state index in [9.17, 15) is 9.59 Å². The Morgan fingerprint density at radius 2 is 2.04 bits per heavy atom. The highest BCUT2D eigenvalue weighted by atomic mass is 35.5. The molecule has 3 rings (SSSR count). The van der Waals surface area contributed by atoms with Crippen molar-refractivity contribution < 1.29 is 14.3 Å². The fraction of sp³-hybridized carbons (Fsp3) is 0.312.